The van der Waals surface area contributed by atoms with Crippen molar-refractivity contribution in [2.24, 2.45) is 17.3 Å². The molecule has 158 valence electrons. The second-order valence-electron chi connectivity index (χ2n) is 9.55. The number of fused-ring (bicyclic) bond motifs is 1. The van der Waals surface area contributed by atoms with Crippen molar-refractivity contribution in [1.29, 1.82) is 0 Å². The van der Waals surface area contributed by atoms with Crippen molar-refractivity contribution in [3.05, 3.63) is 107 Å². The smallest absolute Gasteiger partial charge is 0.338 e. The van der Waals surface area contributed by atoms with E-state index >= 15 is 0 Å². The van der Waals surface area contributed by atoms with Crippen LogP contribution in [0.15, 0.2) is 84.9 Å². The van der Waals surface area contributed by atoms with Gasteiger partial charge in [-0.1, -0.05) is 60.7 Å². The van der Waals surface area contributed by atoms with Gasteiger partial charge in [-0.3, -0.25) is 0 Å². The highest BCUT2D eigenvalue weighted by molar-refractivity contribution is 5.90. The van der Waals surface area contributed by atoms with Gasteiger partial charge in [-0.15, -0.1) is 0 Å². The van der Waals surface area contributed by atoms with Gasteiger partial charge in [-0.05, 0) is 59.1 Å². The molecule has 0 amide bonds. The second kappa shape index (κ2) is 6.32. The van der Waals surface area contributed by atoms with Gasteiger partial charge in [0.05, 0.1) is 11.1 Å². The van der Waals surface area contributed by atoms with Crippen molar-refractivity contribution in [2.75, 3.05) is 0 Å². The molecule has 0 radical (unpaired) electrons. The van der Waals surface area contributed by atoms with Gasteiger partial charge in [-0.2, -0.15) is 0 Å². The predicted octanol–water partition coefficient (Wildman–Crippen LogP) is 4.97. The maximum atomic E-state index is 13.1. The Morgan fingerprint density at radius 3 is 1.81 bits per heavy atom. The van der Waals surface area contributed by atoms with Crippen LogP contribution >= 0.6 is 0 Å². The van der Waals surface area contributed by atoms with Gasteiger partial charge in [0.15, 0.2) is 0 Å². The maximum absolute atomic E-state index is 13.1. The first-order chi connectivity index (χ1) is 15.7. The van der Waals surface area contributed by atoms with Crippen LogP contribution in [-0.2, 0) is 9.47 Å². The highest BCUT2D eigenvalue weighted by Gasteiger charge is 2.89. The largest absolute Gasteiger partial charge is 0.454 e. The summed E-state index contributed by atoms with van der Waals surface area (Å²) in [5, 5.41) is 0. The Bertz CT molecular complexity index is 1240. The fourth-order valence-electron chi connectivity index (χ4n) is 6.79. The molecule has 0 aliphatic heterocycles. The SMILES string of the molecule is O=C(O[C@@H]1C2c3ccccc3C([C@@H]1OC(=O)c1ccccc1)C13CC1[C@H]23)c1ccccc1. The van der Waals surface area contributed by atoms with E-state index in [9.17, 15) is 9.59 Å². The number of hydrogen-bond donors (Lipinski definition) is 0. The van der Waals surface area contributed by atoms with Gasteiger partial charge in [0.2, 0.25) is 0 Å². The summed E-state index contributed by atoms with van der Waals surface area (Å²) < 4.78 is 12.4. The van der Waals surface area contributed by atoms with E-state index in [0.29, 0.717) is 23.0 Å². The van der Waals surface area contributed by atoms with Gasteiger partial charge in [0, 0.05) is 11.8 Å². The minimum Gasteiger partial charge on any atom is -0.454 e. The summed E-state index contributed by atoms with van der Waals surface area (Å²) in [6, 6.07) is 26.6. The lowest BCUT2D eigenvalue weighted by atomic mass is 9.59. The first kappa shape index (κ1) is 18.2. The molecule has 0 aromatic heterocycles. The molecule has 32 heavy (non-hydrogen) atoms. The molecule has 5 aliphatic rings. The Hall–Kier alpha value is -3.40. The molecule has 3 aromatic rings. The highest BCUT2D eigenvalue weighted by Crippen LogP contribution is 2.93. The Labute approximate surface area is 186 Å². The number of rotatable bonds is 4. The Kier molecular flexibility index (Phi) is 3.59. The van der Waals surface area contributed by atoms with Gasteiger partial charge in [0.25, 0.3) is 0 Å². The van der Waals surface area contributed by atoms with E-state index in [1.165, 1.54) is 17.5 Å². The van der Waals surface area contributed by atoms with Crippen molar-refractivity contribution in [2.45, 2.75) is 30.5 Å². The average Bonchev–Trinajstić information content (AvgIpc) is 3.72. The van der Waals surface area contributed by atoms with E-state index in [2.05, 4.69) is 24.3 Å². The molecule has 0 heterocycles. The fraction of sp³-hybridized carbons (Fsp3) is 0.286. The molecule has 8 rings (SSSR count). The minimum atomic E-state index is -0.473. The number of ether oxygens (including phenoxy) is 2. The summed E-state index contributed by atoms with van der Waals surface area (Å²) >= 11 is 0. The summed E-state index contributed by atoms with van der Waals surface area (Å²) in [4.78, 5) is 26.1. The van der Waals surface area contributed by atoms with Crippen LogP contribution in [0.4, 0.5) is 0 Å². The number of esters is 2. The zero-order chi connectivity index (χ0) is 21.4. The molecular formula is C28H22O4. The molecule has 4 unspecified atom stereocenters. The Balaban J connectivity index is 1.29. The van der Waals surface area contributed by atoms with Crippen LogP contribution < -0.4 is 0 Å². The third kappa shape index (κ3) is 2.32. The third-order valence-corrected chi connectivity index (χ3v) is 8.22. The van der Waals surface area contributed by atoms with Gasteiger partial charge >= 0.3 is 11.9 Å². The van der Waals surface area contributed by atoms with Crippen LogP contribution in [0.3, 0.4) is 0 Å². The first-order valence-electron chi connectivity index (χ1n) is 11.3. The molecule has 3 fully saturated rings. The van der Waals surface area contributed by atoms with Crippen molar-refractivity contribution in [3.63, 3.8) is 0 Å². The third-order valence-electron chi connectivity index (χ3n) is 8.22. The monoisotopic (exact) mass is 422 g/mol. The van der Waals surface area contributed by atoms with Gasteiger partial charge in [0.1, 0.15) is 12.2 Å². The topological polar surface area (TPSA) is 52.6 Å². The highest BCUT2D eigenvalue weighted by atomic mass is 16.6. The summed E-state index contributed by atoms with van der Waals surface area (Å²) in [5.41, 5.74) is 3.81. The number of carbonyl (C=O) groups is 2. The quantitative estimate of drug-likeness (QED) is 0.557. The summed E-state index contributed by atoms with van der Waals surface area (Å²) in [6.07, 6.45) is 0.240. The first-order valence-corrected chi connectivity index (χ1v) is 11.3. The van der Waals surface area contributed by atoms with Crippen LogP contribution in [0.25, 0.3) is 0 Å². The Morgan fingerprint density at radius 1 is 0.688 bits per heavy atom. The molecule has 3 aromatic carbocycles. The van der Waals surface area contributed by atoms with Crippen molar-refractivity contribution < 1.29 is 19.1 Å². The van der Waals surface area contributed by atoms with E-state index in [1.807, 2.05) is 36.4 Å². The fourth-order valence-corrected chi connectivity index (χ4v) is 6.79. The van der Waals surface area contributed by atoms with E-state index in [0.717, 1.165) is 0 Å². The van der Waals surface area contributed by atoms with E-state index in [4.69, 9.17) is 9.47 Å². The standard InChI is InChI=1S/C28H22O4/c29-26(16-9-3-1-4-10-16)31-24-21-18-13-7-8-14-19(18)22(28-15-20(28)23(21)28)25(24)32-27(30)17-11-5-2-6-12-17/h1-14,20-25H,15H2/t20?,21?,22?,23-,24-,25+,28?/m1/s1. The molecular weight excluding hydrogens is 400 g/mol. The van der Waals surface area contributed by atoms with Crippen molar-refractivity contribution in [3.8, 4) is 0 Å². The summed E-state index contributed by atoms with van der Waals surface area (Å²) in [5.74, 6) is 0.638. The maximum Gasteiger partial charge on any atom is 0.338 e. The van der Waals surface area contributed by atoms with Crippen LogP contribution in [0.1, 0.15) is 50.1 Å². The zero-order valence-electron chi connectivity index (χ0n) is 17.4. The summed E-state index contributed by atoms with van der Waals surface area (Å²) in [6.45, 7) is 0. The van der Waals surface area contributed by atoms with Gasteiger partial charge < -0.3 is 9.47 Å². The number of carbonyl (C=O) groups excluding carboxylic acids is 2. The molecule has 0 N–H and O–H groups in total. The zero-order valence-corrected chi connectivity index (χ0v) is 17.4. The molecule has 4 nitrogen and oxygen atoms in total. The van der Waals surface area contributed by atoms with E-state index in [1.54, 1.807) is 24.3 Å². The number of benzene rings is 3. The van der Waals surface area contributed by atoms with Crippen LogP contribution in [0, 0.1) is 17.3 Å². The van der Waals surface area contributed by atoms with E-state index < -0.39 is 12.2 Å². The number of hydrogen-bond acceptors (Lipinski definition) is 4. The lowest BCUT2D eigenvalue weighted by Gasteiger charge is -2.51. The molecule has 0 saturated heterocycles. The average molecular weight is 422 g/mol. The molecule has 2 bridgehead atoms. The van der Waals surface area contributed by atoms with Crippen molar-refractivity contribution >= 4 is 11.9 Å². The normalized spacial score (nSPS) is 34.5. The molecule has 1 spiro atoms. The molecule has 5 aliphatic carbocycles. The van der Waals surface area contributed by atoms with Crippen LogP contribution in [0.5, 0.6) is 0 Å². The van der Waals surface area contributed by atoms with Crippen molar-refractivity contribution in [1.82, 2.24) is 0 Å². The van der Waals surface area contributed by atoms with Crippen LogP contribution in [0.2, 0.25) is 0 Å². The second-order valence-corrected chi connectivity index (χ2v) is 9.55. The predicted molar refractivity (Wildman–Crippen MR) is 117 cm³/mol. The lowest BCUT2D eigenvalue weighted by molar-refractivity contribution is -0.0899. The van der Waals surface area contributed by atoms with Gasteiger partial charge in [-0.25, -0.2) is 9.59 Å². The minimum absolute atomic E-state index is 0.0798. The Morgan fingerprint density at radius 2 is 1.22 bits per heavy atom. The summed E-state index contributed by atoms with van der Waals surface area (Å²) in [7, 11) is 0. The molecule has 4 heteroatoms. The molecule has 7 atom stereocenters. The lowest BCUT2D eigenvalue weighted by Crippen LogP contribution is -2.54. The van der Waals surface area contributed by atoms with E-state index in [-0.39, 0.29) is 29.2 Å². The van der Waals surface area contributed by atoms with Crippen LogP contribution in [-0.4, -0.2) is 24.1 Å². The molecule has 3 saturated carbocycles.